The van der Waals surface area contributed by atoms with Gasteiger partial charge in [0.1, 0.15) is 11.4 Å². The first-order chi connectivity index (χ1) is 18.8. The topological polar surface area (TPSA) is 84.6 Å². The van der Waals surface area contributed by atoms with Crippen LogP contribution in [0.2, 0.25) is 0 Å². The summed E-state index contributed by atoms with van der Waals surface area (Å²) in [6, 6.07) is 13.2. The number of carbonyl (C=O) groups is 1. The van der Waals surface area contributed by atoms with Crippen molar-refractivity contribution in [1.82, 2.24) is 23.9 Å². The zero-order valence-electron chi connectivity index (χ0n) is 23.1. The highest BCUT2D eigenvalue weighted by Crippen LogP contribution is 2.32. The van der Waals surface area contributed by atoms with Crippen molar-refractivity contribution in [3.63, 3.8) is 0 Å². The Morgan fingerprint density at radius 3 is 2.64 bits per heavy atom. The monoisotopic (exact) mass is 526 g/mol. The molecule has 1 aromatic carbocycles. The third kappa shape index (κ3) is 5.05. The van der Waals surface area contributed by atoms with Gasteiger partial charge in [-0.05, 0) is 42.3 Å². The summed E-state index contributed by atoms with van der Waals surface area (Å²) in [4.78, 5) is 33.7. The van der Waals surface area contributed by atoms with Gasteiger partial charge in [-0.1, -0.05) is 12.1 Å². The molecule has 9 heteroatoms. The van der Waals surface area contributed by atoms with Gasteiger partial charge in [0.2, 0.25) is 0 Å². The summed E-state index contributed by atoms with van der Waals surface area (Å²) in [7, 11) is 8.95. The lowest BCUT2D eigenvalue weighted by atomic mass is 9.97. The highest BCUT2D eigenvalue weighted by molar-refractivity contribution is 5.95. The molecular formula is C30H34N6O3. The normalized spacial score (nSPS) is 13.8. The molecule has 39 heavy (non-hydrogen) atoms. The molecule has 0 spiro atoms. The van der Waals surface area contributed by atoms with Crippen LogP contribution >= 0.6 is 0 Å². The van der Waals surface area contributed by atoms with Crippen LogP contribution in [0, 0.1) is 0 Å². The van der Waals surface area contributed by atoms with Crippen molar-refractivity contribution < 1.29 is 9.53 Å². The first kappa shape index (κ1) is 26.2. The molecule has 1 N–H and O–H groups in total. The average Bonchev–Trinajstić information content (AvgIpc) is 3.27. The van der Waals surface area contributed by atoms with E-state index in [-0.39, 0.29) is 11.5 Å². The maximum absolute atomic E-state index is 12.8. The Kier molecular flexibility index (Phi) is 7.26. The van der Waals surface area contributed by atoms with Gasteiger partial charge in [0.15, 0.2) is 0 Å². The van der Waals surface area contributed by atoms with E-state index >= 15 is 0 Å². The van der Waals surface area contributed by atoms with E-state index in [0.717, 1.165) is 59.7 Å². The number of carbonyl (C=O) groups excluding carboxylic acids is 1. The summed E-state index contributed by atoms with van der Waals surface area (Å²) >= 11 is 0. The third-order valence-electron chi connectivity index (χ3n) is 7.35. The van der Waals surface area contributed by atoms with Crippen LogP contribution in [-0.4, -0.2) is 71.2 Å². The van der Waals surface area contributed by atoms with Crippen molar-refractivity contribution in [1.29, 1.82) is 0 Å². The van der Waals surface area contributed by atoms with Gasteiger partial charge in [-0.15, -0.1) is 0 Å². The Labute approximate surface area is 227 Å². The van der Waals surface area contributed by atoms with E-state index in [1.165, 1.54) is 5.57 Å². The molecule has 4 heterocycles. The van der Waals surface area contributed by atoms with Gasteiger partial charge in [0.25, 0.3) is 11.5 Å². The summed E-state index contributed by atoms with van der Waals surface area (Å²) in [5, 5.41) is 3.95. The SMILES string of the molecule is CNc1ccn(-c2ccnc3c2cc(CN2CC=C(c4ccc(C(=O)N(C)C)cc4OC)CC2)n3C)c(=O)c1. The smallest absolute Gasteiger partial charge is 0.257 e. The van der Waals surface area contributed by atoms with Gasteiger partial charge >= 0.3 is 0 Å². The second-order valence-electron chi connectivity index (χ2n) is 9.96. The van der Waals surface area contributed by atoms with Crippen LogP contribution < -0.4 is 15.6 Å². The summed E-state index contributed by atoms with van der Waals surface area (Å²) in [5.41, 5.74) is 6.34. The number of rotatable bonds is 7. The number of aryl methyl sites for hydroxylation is 1. The minimum Gasteiger partial charge on any atom is -0.496 e. The molecule has 1 aliphatic heterocycles. The van der Waals surface area contributed by atoms with Crippen LogP contribution in [0.15, 0.2) is 65.7 Å². The van der Waals surface area contributed by atoms with E-state index < -0.39 is 0 Å². The Morgan fingerprint density at radius 2 is 1.97 bits per heavy atom. The fourth-order valence-electron chi connectivity index (χ4n) is 5.13. The first-order valence-corrected chi connectivity index (χ1v) is 13.0. The van der Waals surface area contributed by atoms with Gasteiger partial charge in [-0.3, -0.25) is 19.1 Å². The molecule has 0 fully saturated rings. The minimum absolute atomic E-state index is 0.0453. The number of nitrogens with zero attached hydrogens (tertiary/aromatic N) is 5. The fraction of sp³-hybridized carbons (Fsp3) is 0.300. The molecule has 0 atom stereocenters. The maximum Gasteiger partial charge on any atom is 0.257 e. The van der Waals surface area contributed by atoms with Gasteiger partial charge in [-0.2, -0.15) is 0 Å². The van der Waals surface area contributed by atoms with Crippen LogP contribution in [0.25, 0.3) is 22.3 Å². The van der Waals surface area contributed by atoms with Gasteiger partial charge in [0.05, 0.1) is 12.8 Å². The van der Waals surface area contributed by atoms with Crippen molar-refractivity contribution in [3.05, 3.63) is 88.1 Å². The quantitative estimate of drug-likeness (QED) is 0.395. The van der Waals surface area contributed by atoms with Crippen molar-refractivity contribution >= 4 is 28.2 Å². The largest absolute Gasteiger partial charge is 0.496 e. The Morgan fingerprint density at radius 1 is 1.15 bits per heavy atom. The predicted octanol–water partition coefficient (Wildman–Crippen LogP) is 3.77. The second-order valence-corrected chi connectivity index (χ2v) is 9.96. The number of hydrogen-bond acceptors (Lipinski definition) is 6. The number of fused-ring (bicyclic) bond motifs is 1. The Hall–Kier alpha value is -4.37. The lowest BCUT2D eigenvalue weighted by molar-refractivity contribution is 0.0827. The highest BCUT2D eigenvalue weighted by Gasteiger charge is 2.20. The molecule has 5 rings (SSSR count). The van der Waals surface area contributed by atoms with E-state index in [2.05, 4.69) is 31.9 Å². The molecule has 3 aromatic heterocycles. The van der Waals surface area contributed by atoms with E-state index in [1.807, 2.05) is 37.4 Å². The number of ether oxygens (including phenoxy) is 1. The lowest BCUT2D eigenvalue weighted by Crippen LogP contribution is -2.29. The summed E-state index contributed by atoms with van der Waals surface area (Å²) in [5.74, 6) is 0.670. The van der Waals surface area contributed by atoms with Gasteiger partial charge in [0, 0.05) is 94.2 Å². The molecule has 202 valence electrons. The molecule has 0 saturated heterocycles. The molecule has 9 nitrogen and oxygen atoms in total. The van der Waals surface area contributed by atoms with Crippen LogP contribution in [0.5, 0.6) is 5.75 Å². The standard InChI is InChI=1S/C30H34N6O3/c1-31-22-11-15-36(28(37)17-22)26-8-12-32-29-25(26)18-23(34(29)4)19-35-13-9-20(10-14-35)24-7-6-21(16-27(24)39-5)30(38)33(2)3/h6-9,11-12,15-18,31H,10,13-14,19H2,1-5H3. The number of aromatic nitrogens is 3. The lowest BCUT2D eigenvalue weighted by Gasteiger charge is -2.27. The van der Waals surface area contributed by atoms with Gasteiger partial charge < -0.3 is 19.5 Å². The maximum atomic E-state index is 12.8. The number of amides is 1. The van der Waals surface area contributed by atoms with Crippen LogP contribution in [0.1, 0.15) is 28.0 Å². The molecule has 1 amide bonds. The van der Waals surface area contributed by atoms with Crippen LogP contribution in [0.3, 0.4) is 0 Å². The number of hydrogen-bond donors (Lipinski definition) is 1. The summed E-state index contributed by atoms with van der Waals surface area (Å²) < 4.78 is 9.41. The van der Waals surface area contributed by atoms with Crippen molar-refractivity contribution in [3.8, 4) is 11.4 Å². The third-order valence-corrected chi connectivity index (χ3v) is 7.35. The predicted molar refractivity (Wildman–Crippen MR) is 155 cm³/mol. The number of pyridine rings is 2. The fourth-order valence-corrected chi connectivity index (χ4v) is 5.13. The highest BCUT2D eigenvalue weighted by atomic mass is 16.5. The Balaban J connectivity index is 1.37. The van der Waals surface area contributed by atoms with Crippen LogP contribution in [-0.2, 0) is 13.6 Å². The van der Waals surface area contributed by atoms with E-state index in [0.29, 0.717) is 11.3 Å². The molecule has 0 unspecified atom stereocenters. The second kappa shape index (κ2) is 10.8. The minimum atomic E-state index is -0.0945. The zero-order chi connectivity index (χ0) is 27.7. The summed E-state index contributed by atoms with van der Waals surface area (Å²) in [6.45, 7) is 2.45. The molecule has 1 aliphatic rings. The first-order valence-electron chi connectivity index (χ1n) is 13.0. The Bertz CT molecular complexity index is 1630. The van der Waals surface area contributed by atoms with E-state index in [4.69, 9.17) is 4.74 Å². The van der Waals surface area contributed by atoms with Crippen molar-refractivity contribution in [2.45, 2.75) is 13.0 Å². The summed E-state index contributed by atoms with van der Waals surface area (Å²) in [6.07, 6.45) is 6.66. The van der Waals surface area contributed by atoms with Gasteiger partial charge in [-0.25, -0.2) is 4.98 Å². The molecular weight excluding hydrogens is 492 g/mol. The molecule has 0 radical (unpaired) electrons. The molecule has 0 aliphatic carbocycles. The number of methoxy groups -OCH3 is 1. The number of anilines is 1. The number of benzene rings is 1. The molecule has 0 bridgehead atoms. The zero-order valence-corrected chi connectivity index (χ0v) is 23.1. The van der Waals surface area contributed by atoms with E-state index in [9.17, 15) is 9.59 Å². The average molecular weight is 527 g/mol. The van der Waals surface area contributed by atoms with Crippen molar-refractivity contribution in [2.24, 2.45) is 7.05 Å². The number of nitrogens with one attached hydrogen (secondary N) is 1. The van der Waals surface area contributed by atoms with Crippen LogP contribution in [0.4, 0.5) is 5.69 Å². The van der Waals surface area contributed by atoms with Crippen molar-refractivity contribution in [2.75, 3.05) is 46.7 Å². The molecule has 4 aromatic rings. The van der Waals surface area contributed by atoms with E-state index in [1.54, 1.807) is 56.2 Å². The molecule has 0 saturated carbocycles.